The van der Waals surface area contributed by atoms with Crippen LogP contribution in [0, 0.1) is 23.1 Å². The summed E-state index contributed by atoms with van der Waals surface area (Å²) in [5, 5.41) is 13.3. The number of hydrogen-bond acceptors (Lipinski definition) is 5. The molecule has 6 heteroatoms. The maximum Gasteiger partial charge on any atom is 0.148 e. The highest BCUT2D eigenvalue weighted by molar-refractivity contribution is 5.65. The molecule has 0 unspecified atom stereocenters. The lowest BCUT2D eigenvalue weighted by molar-refractivity contribution is 0.0348. The first-order chi connectivity index (χ1) is 17.6. The van der Waals surface area contributed by atoms with Crippen molar-refractivity contribution in [3.63, 3.8) is 0 Å². The van der Waals surface area contributed by atoms with E-state index in [0.717, 1.165) is 11.1 Å². The van der Waals surface area contributed by atoms with Crippen LogP contribution in [0.25, 0.3) is 0 Å². The van der Waals surface area contributed by atoms with Crippen LogP contribution in [0.1, 0.15) is 33.3 Å². The quantitative estimate of drug-likeness (QED) is 0.267. The third-order valence-electron chi connectivity index (χ3n) is 5.01. The van der Waals surface area contributed by atoms with Crippen molar-refractivity contribution in [3.8, 4) is 11.8 Å². The largest absolute Gasteiger partial charge is 0.396 e. The average Bonchev–Trinajstić information content (AvgIpc) is 2.88. The van der Waals surface area contributed by atoms with Crippen LogP contribution in [0.15, 0.2) is 72.8 Å². The van der Waals surface area contributed by atoms with Crippen molar-refractivity contribution < 1.29 is 21.7 Å². The van der Waals surface area contributed by atoms with Crippen LogP contribution in [0.5, 0.6) is 0 Å². The number of benzene rings is 3. The number of anilines is 2. The van der Waals surface area contributed by atoms with Crippen molar-refractivity contribution in [1.29, 1.82) is 0 Å². The maximum absolute atomic E-state index is 14.2. The monoisotopic (exact) mass is 478 g/mol. The molecule has 3 aromatic rings. The zero-order valence-corrected chi connectivity index (χ0v) is 20.1. The Hall–Kier alpha value is -3.37. The second kappa shape index (κ2) is 12.9. The number of aliphatic hydroxyl groups is 1. The standard InChI is InChI=1S/C29H33FN2O3/c1-29(2,21-35-19-23-11-7-4-8-12-23)14-13-24-15-27(31)26(30)16-28(24)32-17-25(33)20-34-18-22-9-5-3-6-10-22/h3-12,15-16,25,32-33H,17-21,31H2,1-2H3/t25-/m1/s1/i21D2. The Labute approximate surface area is 209 Å². The summed E-state index contributed by atoms with van der Waals surface area (Å²) in [6, 6.07) is 21.5. The number of hydrogen-bond donors (Lipinski definition) is 3. The SMILES string of the molecule is [2H]C([2H])(OCc1ccccc1)C(C)(C)C#Cc1cc(N)c(F)cc1NC[C@@H](O)COCc1ccccc1. The summed E-state index contributed by atoms with van der Waals surface area (Å²) < 4.78 is 42.2. The third-order valence-corrected chi connectivity index (χ3v) is 5.01. The van der Waals surface area contributed by atoms with Crippen LogP contribution in [-0.2, 0) is 22.7 Å². The Morgan fingerprint density at radius 1 is 1.03 bits per heavy atom. The molecule has 3 aromatic carbocycles. The Balaban J connectivity index is 1.65. The number of nitrogen functional groups attached to an aromatic ring is 1. The van der Waals surface area contributed by atoms with Gasteiger partial charge in [-0.1, -0.05) is 72.5 Å². The summed E-state index contributed by atoms with van der Waals surface area (Å²) in [6.45, 7) is 1.86. The van der Waals surface area contributed by atoms with Gasteiger partial charge in [-0.25, -0.2) is 4.39 Å². The predicted molar refractivity (Wildman–Crippen MR) is 138 cm³/mol. The molecule has 1 atom stereocenters. The molecule has 35 heavy (non-hydrogen) atoms. The molecule has 0 spiro atoms. The maximum atomic E-state index is 14.2. The van der Waals surface area contributed by atoms with E-state index in [0.29, 0.717) is 17.9 Å². The van der Waals surface area contributed by atoms with Crippen LogP contribution in [-0.4, -0.2) is 30.9 Å². The van der Waals surface area contributed by atoms with Gasteiger partial charge >= 0.3 is 0 Å². The number of ether oxygens (including phenoxy) is 2. The number of aliphatic hydroxyl groups excluding tert-OH is 1. The fourth-order valence-electron chi connectivity index (χ4n) is 3.14. The highest BCUT2D eigenvalue weighted by Crippen LogP contribution is 2.23. The molecule has 0 saturated carbocycles. The number of nitrogens with two attached hydrogens (primary N) is 1. The normalized spacial score (nSPS) is 13.3. The van der Waals surface area contributed by atoms with E-state index in [1.165, 1.54) is 12.1 Å². The zero-order valence-electron chi connectivity index (χ0n) is 22.1. The predicted octanol–water partition coefficient (Wildman–Crippen LogP) is 4.99. The van der Waals surface area contributed by atoms with Gasteiger partial charge in [-0.05, 0) is 31.0 Å². The van der Waals surface area contributed by atoms with Gasteiger partial charge in [-0.15, -0.1) is 0 Å². The third kappa shape index (κ3) is 9.06. The van der Waals surface area contributed by atoms with Gasteiger partial charge in [0.25, 0.3) is 0 Å². The fraction of sp³-hybridized carbons (Fsp3) is 0.310. The molecule has 0 aromatic heterocycles. The second-order valence-corrected chi connectivity index (χ2v) is 8.71. The Morgan fingerprint density at radius 2 is 1.63 bits per heavy atom. The Morgan fingerprint density at radius 3 is 2.26 bits per heavy atom. The van der Waals surface area contributed by atoms with Crippen molar-refractivity contribution in [2.45, 2.75) is 33.2 Å². The minimum atomic E-state index is -2.07. The van der Waals surface area contributed by atoms with E-state index in [-0.39, 0.29) is 25.4 Å². The van der Waals surface area contributed by atoms with E-state index in [1.54, 1.807) is 13.8 Å². The van der Waals surface area contributed by atoms with Gasteiger partial charge in [-0.3, -0.25) is 0 Å². The lowest BCUT2D eigenvalue weighted by atomic mass is 9.95. The lowest BCUT2D eigenvalue weighted by Crippen LogP contribution is -2.25. The van der Waals surface area contributed by atoms with Crippen LogP contribution < -0.4 is 11.1 Å². The molecule has 0 fully saturated rings. The highest BCUT2D eigenvalue weighted by Gasteiger charge is 2.16. The average molecular weight is 479 g/mol. The van der Waals surface area contributed by atoms with E-state index in [1.807, 2.05) is 60.7 Å². The van der Waals surface area contributed by atoms with Gasteiger partial charge < -0.3 is 25.6 Å². The van der Waals surface area contributed by atoms with Crippen LogP contribution in [0.4, 0.5) is 15.8 Å². The topological polar surface area (TPSA) is 76.7 Å². The Kier molecular flexibility index (Phi) is 8.63. The van der Waals surface area contributed by atoms with Crippen LogP contribution in [0.2, 0.25) is 0 Å². The van der Waals surface area contributed by atoms with Gasteiger partial charge in [0.1, 0.15) is 5.82 Å². The van der Waals surface area contributed by atoms with Crippen molar-refractivity contribution in [1.82, 2.24) is 0 Å². The minimum Gasteiger partial charge on any atom is -0.396 e. The lowest BCUT2D eigenvalue weighted by Gasteiger charge is -2.18. The Bertz CT molecular complexity index is 1210. The summed E-state index contributed by atoms with van der Waals surface area (Å²) in [5.41, 5.74) is 7.04. The first-order valence-corrected chi connectivity index (χ1v) is 11.4. The van der Waals surface area contributed by atoms with Crippen molar-refractivity contribution in [2.24, 2.45) is 5.41 Å². The smallest absolute Gasteiger partial charge is 0.148 e. The van der Waals surface area contributed by atoms with Crippen molar-refractivity contribution >= 4 is 11.4 Å². The molecule has 184 valence electrons. The van der Waals surface area contributed by atoms with E-state index in [4.69, 9.17) is 17.9 Å². The van der Waals surface area contributed by atoms with Gasteiger partial charge in [0, 0.05) is 23.6 Å². The molecular weight excluding hydrogens is 443 g/mol. The highest BCUT2D eigenvalue weighted by atomic mass is 19.1. The molecular formula is C29H33FN2O3. The van der Waals surface area contributed by atoms with E-state index >= 15 is 0 Å². The minimum absolute atomic E-state index is 0.0808. The molecule has 3 rings (SSSR count). The summed E-state index contributed by atoms with van der Waals surface area (Å²) in [7, 11) is 0. The zero-order chi connectivity index (χ0) is 26.9. The number of halogens is 1. The van der Waals surface area contributed by atoms with Crippen molar-refractivity contribution in [3.05, 3.63) is 95.3 Å². The molecule has 0 aliphatic carbocycles. The van der Waals surface area contributed by atoms with Gasteiger partial charge in [0.05, 0.1) is 46.6 Å². The summed E-state index contributed by atoms with van der Waals surface area (Å²) in [4.78, 5) is 0. The molecule has 5 nitrogen and oxygen atoms in total. The van der Waals surface area contributed by atoms with Crippen LogP contribution in [0.3, 0.4) is 0 Å². The van der Waals surface area contributed by atoms with Gasteiger partial charge in [0.2, 0.25) is 0 Å². The summed E-state index contributed by atoms with van der Waals surface area (Å²) >= 11 is 0. The van der Waals surface area contributed by atoms with Crippen LogP contribution >= 0.6 is 0 Å². The molecule has 0 aliphatic heterocycles. The first kappa shape index (κ1) is 23.4. The second-order valence-electron chi connectivity index (χ2n) is 8.71. The molecule has 0 amide bonds. The molecule has 0 bridgehead atoms. The molecule has 0 radical (unpaired) electrons. The number of nitrogens with one attached hydrogen (secondary N) is 1. The molecule has 0 aliphatic rings. The van der Waals surface area contributed by atoms with Crippen molar-refractivity contribution in [2.75, 3.05) is 30.8 Å². The van der Waals surface area contributed by atoms with E-state index < -0.39 is 23.9 Å². The van der Waals surface area contributed by atoms with E-state index in [9.17, 15) is 9.50 Å². The molecule has 0 heterocycles. The fourth-order valence-corrected chi connectivity index (χ4v) is 3.14. The molecule has 4 N–H and O–H groups in total. The van der Waals surface area contributed by atoms with E-state index in [2.05, 4.69) is 17.2 Å². The first-order valence-electron chi connectivity index (χ1n) is 12.4. The summed E-state index contributed by atoms with van der Waals surface area (Å²) in [6.07, 6.45) is -0.845. The summed E-state index contributed by atoms with van der Waals surface area (Å²) in [5.74, 6) is 5.22. The van der Waals surface area contributed by atoms with Gasteiger partial charge in [-0.2, -0.15) is 0 Å². The van der Waals surface area contributed by atoms with Gasteiger partial charge in [0.15, 0.2) is 0 Å². The number of rotatable bonds is 11. The molecule has 0 saturated heterocycles.